The van der Waals surface area contributed by atoms with Crippen LogP contribution in [0.1, 0.15) is 26.7 Å². The lowest BCUT2D eigenvalue weighted by Crippen LogP contribution is -2.35. The van der Waals surface area contributed by atoms with Crippen molar-refractivity contribution in [2.45, 2.75) is 32.8 Å². The van der Waals surface area contributed by atoms with Gasteiger partial charge < -0.3 is 14.7 Å². The van der Waals surface area contributed by atoms with Crippen molar-refractivity contribution in [2.75, 3.05) is 33.4 Å². The fourth-order valence-corrected chi connectivity index (χ4v) is 1.46. The van der Waals surface area contributed by atoms with Gasteiger partial charge in [0.1, 0.15) is 0 Å². The Morgan fingerprint density at radius 1 is 1.33 bits per heavy atom. The molecule has 1 atom stereocenters. The summed E-state index contributed by atoms with van der Waals surface area (Å²) in [6.45, 7) is 7.35. The van der Waals surface area contributed by atoms with Crippen LogP contribution in [0.4, 0.5) is 0 Å². The molecule has 3 heteroatoms. The molecule has 0 aliphatic heterocycles. The molecule has 0 aliphatic carbocycles. The molecule has 0 aromatic rings. The van der Waals surface area contributed by atoms with Gasteiger partial charge in [0.2, 0.25) is 0 Å². The Balaban J connectivity index is 3.67. The second-order valence-corrected chi connectivity index (χ2v) is 3.67. The van der Waals surface area contributed by atoms with Crippen LogP contribution in [-0.4, -0.2) is 49.5 Å². The number of nitrogens with zero attached hydrogens (tertiary/aromatic N) is 1. The maximum atomic E-state index is 9.57. The molecule has 0 saturated carbocycles. The molecular weight excluding hydrogens is 190 g/mol. The number of likely N-dealkylation sites (N-methyl/N-ethyl adjacent to an activating group) is 1. The fourth-order valence-electron chi connectivity index (χ4n) is 1.46. The highest BCUT2D eigenvalue weighted by Crippen LogP contribution is 1.97. The summed E-state index contributed by atoms with van der Waals surface area (Å²) in [7, 11) is 1.61. The standard InChI is InChI=1S/C12H25NO2/c1-4-6-7-8-9-13(5-2)10-12(14)11-15-3/h6-7,12,14H,4-5,8-11H2,1-3H3/b7-6-. The maximum Gasteiger partial charge on any atom is 0.0900 e. The summed E-state index contributed by atoms with van der Waals surface area (Å²) in [5.74, 6) is 0. The van der Waals surface area contributed by atoms with Crippen LogP contribution >= 0.6 is 0 Å². The first-order chi connectivity index (χ1) is 7.24. The molecule has 1 N–H and O–H groups in total. The van der Waals surface area contributed by atoms with E-state index in [9.17, 15) is 5.11 Å². The summed E-state index contributed by atoms with van der Waals surface area (Å²) in [6, 6.07) is 0. The first kappa shape index (κ1) is 14.6. The zero-order valence-electron chi connectivity index (χ0n) is 10.3. The van der Waals surface area contributed by atoms with Crippen LogP contribution in [0.5, 0.6) is 0 Å². The molecule has 0 fully saturated rings. The minimum absolute atomic E-state index is 0.370. The predicted molar refractivity (Wildman–Crippen MR) is 64.0 cm³/mol. The van der Waals surface area contributed by atoms with E-state index in [1.807, 2.05) is 0 Å². The molecule has 0 aromatic heterocycles. The Bertz CT molecular complexity index is 160. The molecule has 0 aliphatic rings. The van der Waals surface area contributed by atoms with Gasteiger partial charge >= 0.3 is 0 Å². The summed E-state index contributed by atoms with van der Waals surface area (Å²) in [6.07, 6.45) is 6.16. The predicted octanol–water partition coefficient (Wildman–Crippen LogP) is 1.67. The zero-order chi connectivity index (χ0) is 11.5. The van der Waals surface area contributed by atoms with Crippen molar-refractivity contribution >= 4 is 0 Å². The topological polar surface area (TPSA) is 32.7 Å². The lowest BCUT2D eigenvalue weighted by atomic mass is 10.3. The van der Waals surface area contributed by atoms with Crippen molar-refractivity contribution in [3.05, 3.63) is 12.2 Å². The summed E-state index contributed by atoms with van der Waals surface area (Å²) < 4.78 is 4.90. The van der Waals surface area contributed by atoms with Gasteiger partial charge in [-0.25, -0.2) is 0 Å². The number of aliphatic hydroxyl groups is 1. The van der Waals surface area contributed by atoms with E-state index in [-0.39, 0.29) is 6.10 Å². The molecule has 15 heavy (non-hydrogen) atoms. The Morgan fingerprint density at radius 3 is 2.60 bits per heavy atom. The molecule has 0 radical (unpaired) electrons. The van der Waals surface area contributed by atoms with E-state index in [1.54, 1.807) is 7.11 Å². The van der Waals surface area contributed by atoms with Gasteiger partial charge in [0.25, 0.3) is 0 Å². The van der Waals surface area contributed by atoms with Crippen molar-refractivity contribution in [1.82, 2.24) is 4.90 Å². The van der Waals surface area contributed by atoms with E-state index in [4.69, 9.17) is 4.74 Å². The Morgan fingerprint density at radius 2 is 2.07 bits per heavy atom. The first-order valence-electron chi connectivity index (χ1n) is 5.78. The molecule has 1 unspecified atom stereocenters. The smallest absolute Gasteiger partial charge is 0.0900 e. The lowest BCUT2D eigenvalue weighted by molar-refractivity contribution is 0.0392. The SMILES string of the molecule is CC/C=C\CCN(CC)CC(O)COC. The molecule has 0 spiro atoms. The largest absolute Gasteiger partial charge is 0.389 e. The number of allylic oxidation sites excluding steroid dienone is 1. The molecule has 0 saturated heterocycles. The van der Waals surface area contributed by atoms with Crippen LogP contribution in [0.2, 0.25) is 0 Å². The van der Waals surface area contributed by atoms with Gasteiger partial charge in [0.15, 0.2) is 0 Å². The molecule has 0 heterocycles. The monoisotopic (exact) mass is 215 g/mol. The number of rotatable bonds is 9. The first-order valence-corrected chi connectivity index (χ1v) is 5.78. The number of aliphatic hydroxyl groups excluding tert-OH is 1. The van der Waals surface area contributed by atoms with Crippen LogP contribution in [0.25, 0.3) is 0 Å². The average molecular weight is 215 g/mol. The van der Waals surface area contributed by atoms with E-state index in [0.717, 1.165) is 25.9 Å². The van der Waals surface area contributed by atoms with Crippen LogP contribution in [-0.2, 0) is 4.74 Å². The van der Waals surface area contributed by atoms with Gasteiger partial charge in [-0.15, -0.1) is 0 Å². The minimum Gasteiger partial charge on any atom is -0.389 e. The number of hydrogen-bond donors (Lipinski definition) is 1. The van der Waals surface area contributed by atoms with Gasteiger partial charge in [0, 0.05) is 20.2 Å². The van der Waals surface area contributed by atoms with Crippen LogP contribution in [0.15, 0.2) is 12.2 Å². The molecule has 3 nitrogen and oxygen atoms in total. The Labute approximate surface area is 93.7 Å². The summed E-state index contributed by atoms with van der Waals surface area (Å²) in [4.78, 5) is 2.24. The molecule has 0 bridgehead atoms. The van der Waals surface area contributed by atoms with Crippen molar-refractivity contribution in [3.8, 4) is 0 Å². The third-order valence-electron chi connectivity index (χ3n) is 2.29. The summed E-state index contributed by atoms with van der Waals surface area (Å²) in [5.41, 5.74) is 0. The molecule has 90 valence electrons. The van der Waals surface area contributed by atoms with E-state index >= 15 is 0 Å². The maximum absolute atomic E-state index is 9.57. The zero-order valence-corrected chi connectivity index (χ0v) is 10.3. The van der Waals surface area contributed by atoms with Crippen molar-refractivity contribution in [2.24, 2.45) is 0 Å². The molecule has 0 aromatic carbocycles. The third-order valence-corrected chi connectivity index (χ3v) is 2.29. The van der Waals surface area contributed by atoms with Crippen LogP contribution in [0, 0.1) is 0 Å². The van der Waals surface area contributed by atoms with Gasteiger partial charge in [-0.2, -0.15) is 0 Å². The minimum atomic E-state index is -0.370. The van der Waals surface area contributed by atoms with Crippen molar-refractivity contribution in [1.29, 1.82) is 0 Å². The van der Waals surface area contributed by atoms with Crippen molar-refractivity contribution < 1.29 is 9.84 Å². The fraction of sp³-hybridized carbons (Fsp3) is 0.833. The second-order valence-electron chi connectivity index (χ2n) is 3.67. The van der Waals surface area contributed by atoms with Crippen LogP contribution in [0.3, 0.4) is 0 Å². The van der Waals surface area contributed by atoms with E-state index in [1.165, 1.54) is 0 Å². The second kappa shape index (κ2) is 10.1. The third kappa shape index (κ3) is 8.60. The number of ether oxygens (including phenoxy) is 1. The highest BCUT2D eigenvalue weighted by atomic mass is 16.5. The average Bonchev–Trinajstić information content (AvgIpc) is 2.23. The quantitative estimate of drug-likeness (QED) is 0.594. The Kier molecular flexibility index (Phi) is 9.89. The molecule has 0 rings (SSSR count). The van der Waals surface area contributed by atoms with Gasteiger partial charge in [-0.3, -0.25) is 0 Å². The summed E-state index contributed by atoms with van der Waals surface area (Å²) in [5, 5.41) is 9.57. The normalized spacial score (nSPS) is 13.9. The summed E-state index contributed by atoms with van der Waals surface area (Å²) >= 11 is 0. The lowest BCUT2D eigenvalue weighted by Gasteiger charge is -2.22. The number of hydrogen-bond acceptors (Lipinski definition) is 3. The molecule has 0 amide bonds. The molecular formula is C12H25NO2. The van der Waals surface area contributed by atoms with Gasteiger partial charge in [0.05, 0.1) is 12.7 Å². The van der Waals surface area contributed by atoms with Gasteiger partial charge in [-0.05, 0) is 19.4 Å². The van der Waals surface area contributed by atoms with E-state index in [2.05, 4.69) is 30.9 Å². The van der Waals surface area contributed by atoms with E-state index < -0.39 is 0 Å². The van der Waals surface area contributed by atoms with Crippen LogP contribution < -0.4 is 0 Å². The van der Waals surface area contributed by atoms with Crippen molar-refractivity contribution in [3.63, 3.8) is 0 Å². The Hall–Kier alpha value is -0.380. The number of methoxy groups -OCH3 is 1. The highest BCUT2D eigenvalue weighted by molar-refractivity contribution is 4.81. The highest BCUT2D eigenvalue weighted by Gasteiger charge is 2.08. The van der Waals surface area contributed by atoms with Gasteiger partial charge in [-0.1, -0.05) is 26.0 Å². The van der Waals surface area contributed by atoms with E-state index in [0.29, 0.717) is 13.2 Å².